The maximum Gasteiger partial charge on any atom is 0 e. The van der Waals surface area contributed by atoms with E-state index in [-0.39, 0.29) is 34.1 Å². The van der Waals surface area contributed by atoms with Crippen molar-refractivity contribution in [3.05, 3.63) is 23.8 Å². The first-order valence-electron chi connectivity index (χ1n) is 2.13. The van der Waals surface area contributed by atoms with Gasteiger partial charge in [0.05, 0.1) is 0 Å². The minimum absolute atomic E-state index is 0. The molecule has 0 amide bonds. The average Bonchev–Trinajstić information content (AvgIpc) is 1.86. The van der Waals surface area contributed by atoms with E-state index in [0.717, 1.165) is 6.42 Å². The van der Waals surface area contributed by atoms with Crippen LogP contribution >= 0.6 is 12.4 Å². The first-order valence-corrected chi connectivity index (χ1v) is 2.13. The van der Waals surface area contributed by atoms with Crippen LogP contribution in [-0.4, -0.2) is 0 Å². The van der Waals surface area contributed by atoms with Crippen LogP contribution in [0.15, 0.2) is 17.7 Å². The largest absolute Gasteiger partial charge is 0.273 e. The third-order valence-corrected chi connectivity index (χ3v) is 0.872. The van der Waals surface area contributed by atoms with Gasteiger partial charge in [-0.2, -0.15) is 6.08 Å². The molecule has 0 nitrogen and oxygen atoms in total. The zero-order valence-electron chi connectivity index (χ0n) is 4.77. The number of hydrogen-bond donors (Lipinski definition) is 0. The van der Waals surface area contributed by atoms with Crippen molar-refractivity contribution in [2.24, 2.45) is 0 Å². The molecular formula is C6H8ClTi-. The molecule has 2 heteroatoms. The fourth-order valence-electron chi connectivity index (χ4n) is 0.499. The van der Waals surface area contributed by atoms with Crippen LogP contribution in [0.4, 0.5) is 0 Å². The van der Waals surface area contributed by atoms with Gasteiger partial charge < -0.3 is 0 Å². The van der Waals surface area contributed by atoms with Gasteiger partial charge >= 0.3 is 0 Å². The monoisotopic (exact) mass is 163 g/mol. The molecule has 1 rings (SSSR count). The first kappa shape index (κ1) is 11.3. The van der Waals surface area contributed by atoms with Gasteiger partial charge in [-0.25, -0.2) is 11.6 Å². The van der Waals surface area contributed by atoms with Crippen molar-refractivity contribution in [3.63, 3.8) is 0 Å². The molecule has 0 spiro atoms. The summed E-state index contributed by atoms with van der Waals surface area (Å²) in [5, 5.41) is 0. The van der Waals surface area contributed by atoms with Gasteiger partial charge in [0.1, 0.15) is 0 Å². The predicted molar refractivity (Wildman–Crippen MR) is 33.4 cm³/mol. The molecule has 0 aromatic carbocycles. The summed E-state index contributed by atoms with van der Waals surface area (Å²) in [5.74, 6) is 0. The van der Waals surface area contributed by atoms with Gasteiger partial charge in [-0.15, -0.1) is 25.8 Å². The summed E-state index contributed by atoms with van der Waals surface area (Å²) >= 11 is 0. The summed E-state index contributed by atoms with van der Waals surface area (Å²) in [4.78, 5) is 0. The molecule has 0 saturated carbocycles. The second kappa shape index (κ2) is 5.62. The van der Waals surface area contributed by atoms with Crippen LogP contribution in [0.5, 0.6) is 0 Å². The van der Waals surface area contributed by atoms with Crippen LogP contribution in [0.3, 0.4) is 0 Å². The van der Waals surface area contributed by atoms with Gasteiger partial charge in [-0.05, 0) is 0 Å². The smallest absolute Gasteiger partial charge is 0 e. The zero-order valence-corrected chi connectivity index (χ0v) is 7.15. The summed E-state index contributed by atoms with van der Waals surface area (Å²) in [6.45, 7) is 2.08. The summed E-state index contributed by atoms with van der Waals surface area (Å²) in [6, 6.07) is 0. The Morgan fingerprint density at radius 2 is 2.25 bits per heavy atom. The van der Waals surface area contributed by atoms with E-state index in [9.17, 15) is 0 Å². The van der Waals surface area contributed by atoms with Crippen molar-refractivity contribution in [2.75, 3.05) is 0 Å². The van der Waals surface area contributed by atoms with Crippen LogP contribution in [0.25, 0.3) is 0 Å². The van der Waals surface area contributed by atoms with E-state index in [1.165, 1.54) is 5.57 Å². The Morgan fingerprint density at radius 1 is 1.62 bits per heavy atom. The molecule has 0 aliphatic heterocycles. The topological polar surface area (TPSA) is 0 Å². The minimum Gasteiger partial charge on any atom is -0.273 e. The summed E-state index contributed by atoms with van der Waals surface area (Å²) < 4.78 is 0. The normalized spacial score (nSPS) is 13.9. The third kappa shape index (κ3) is 3.48. The SMILES string of the molecule is CC1=CC[C-]=C1.Cl.[Ti]. The van der Waals surface area contributed by atoms with Crippen LogP contribution in [0.1, 0.15) is 13.3 Å². The minimum atomic E-state index is 0. The van der Waals surface area contributed by atoms with Crippen molar-refractivity contribution in [2.45, 2.75) is 13.3 Å². The predicted octanol–water partition coefficient (Wildman–Crippen LogP) is 2.12. The zero-order chi connectivity index (χ0) is 4.41. The van der Waals surface area contributed by atoms with Gasteiger partial charge in [-0.3, -0.25) is 6.08 Å². The number of rotatable bonds is 0. The number of hydrogen-bond acceptors (Lipinski definition) is 0. The third-order valence-electron chi connectivity index (χ3n) is 0.872. The van der Waals surface area contributed by atoms with Crippen molar-refractivity contribution < 1.29 is 21.7 Å². The van der Waals surface area contributed by atoms with E-state index in [2.05, 4.69) is 19.1 Å². The van der Waals surface area contributed by atoms with Crippen LogP contribution in [0, 0.1) is 6.08 Å². The summed E-state index contributed by atoms with van der Waals surface area (Å²) in [7, 11) is 0. The molecule has 1 aliphatic rings. The van der Waals surface area contributed by atoms with Crippen molar-refractivity contribution >= 4 is 12.4 Å². The standard InChI is InChI=1S/C6H7.ClH.Ti/c1-6-4-2-3-5-6;;/h4-5H,2H2,1H3;1H;/q-1;;. The molecule has 0 unspecified atom stereocenters. The molecule has 1 aliphatic carbocycles. The van der Waals surface area contributed by atoms with Crippen LogP contribution in [-0.2, 0) is 21.7 Å². The van der Waals surface area contributed by atoms with E-state index in [1.54, 1.807) is 0 Å². The van der Waals surface area contributed by atoms with Crippen molar-refractivity contribution in [3.8, 4) is 0 Å². The van der Waals surface area contributed by atoms with Gasteiger partial charge in [0.2, 0.25) is 0 Å². The first-order chi connectivity index (χ1) is 2.89. The molecule has 8 heavy (non-hydrogen) atoms. The number of allylic oxidation sites excluding steroid dienone is 4. The molecule has 44 valence electrons. The molecule has 0 saturated heterocycles. The Kier molecular flexibility index (Phi) is 7.94. The molecule has 0 bridgehead atoms. The molecule has 0 atom stereocenters. The Balaban J connectivity index is 0. The fraction of sp³-hybridized carbons (Fsp3) is 0.333. The Bertz CT molecular complexity index is 102. The Hall–Kier alpha value is 0.484. The number of halogens is 1. The Labute approximate surface area is 71.3 Å². The summed E-state index contributed by atoms with van der Waals surface area (Å²) in [5.41, 5.74) is 1.34. The maximum atomic E-state index is 3.05. The molecule has 0 radical (unpaired) electrons. The molecule has 0 aromatic heterocycles. The second-order valence-corrected chi connectivity index (χ2v) is 1.50. The average molecular weight is 163 g/mol. The molecular weight excluding hydrogens is 155 g/mol. The Morgan fingerprint density at radius 3 is 2.38 bits per heavy atom. The quantitative estimate of drug-likeness (QED) is 0.379. The molecule has 0 fully saturated rings. The molecule has 0 N–H and O–H groups in total. The molecule has 0 heterocycles. The van der Waals surface area contributed by atoms with Crippen molar-refractivity contribution in [1.29, 1.82) is 0 Å². The van der Waals surface area contributed by atoms with E-state index in [1.807, 2.05) is 6.08 Å². The van der Waals surface area contributed by atoms with Gasteiger partial charge in [-0.1, -0.05) is 0 Å². The van der Waals surface area contributed by atoms with E-state index in [4.69, 9.17) is 0 Å². The van der Waals surface area contributed by atoms with Crippen molar-refractivity contribution in [1.82, 2.24) is 0 Å². The summed E-state index contributed by atoms with van der Waals surface area (Å²) in [6.07, 6.45) is 8.24. The van der Waals surface area contributed by atoms with Gasteiger partial charge in [0, 0.05) is 21.7 Å². The van der Waals surface area contributed by atoms with E-state index >= 15 is 0 Å². The fourth-order valence-corrected chi connectivity index (χ4v) is 0.499. The maximum absolute atomic E-state index is 3.05. The second-order valence-electron chi connectivity index (χ2n) is 1.50. The van der Waals surface area contributed by atoms with Crippen LogP contribution < -0.4 is 0 Å². The van der Waals surface area contributed by atoms with E-state index in [0.29, 0.717) is 0 Å². The van der Waals surface area contributed by atoms with Gasteiger partial charge in [0.25, 0.3) is 0 Å². The molecule has 0 aromatic rings. The van der Waals surface area contributed by atoms with Gasteiger partial charge in [0.15, 0.2) is 0 Å². The van der Waals surface area contributed by atoms with E-state index < -0.39 is 0 Å². The van der Waals surface area contributed by atoms with Crippen LogP contribution in [0.2, 0.25) is 0 Å².